The van der Waals surface area contributed by atoms with Crippen LogP contribution in [0, 0.1) is 5.92 Å². The highest BCUT2D eigenvalue weighted by Crippen LogP contribution is 2.25. The molecule has 0 aliphatic carbocycles. The number of amides is 1. The van der Waals surface area contributed by atoms with Crippen LogP contribution < -0.4 is 0 Å². The summed E-state index contributed by atoms with van der Waals surface area (Å²) in [7, 11) is 1.42. The first kappa shape index (κ1) is 10.5. The summed E-state index contributed by atoms with van der Waals surface area (Å²) in [6.45, 7) is 1.18. The summed E-state index contributed by atoms with van der Waals surface area (Å²) in [4.78, 5) is 33.7. The van der Waals surface area contributed by atoms with Crippen molar-refractivity contribution in [1.82, 2.24) is 4.90 Å². The molecule has 0 bridgehead atoms. The second-order valence-electron chi connectivity index (χ2n) is 3.15. The first-order chi connectivity index (χ1) is 6.43. The van der Waals surface area contributed by atoms with Gasteiger partial charge < -0.3 is 14.7 Å². The van der Waals surface area contributed by atoms with E-state index in [0.717, 1.165) is 4.90 Å². The fraction of sp³-hybridized carbons (Fsp3) is 0.625. The summed E-state index contributed by atoms with van der Waals surface area (Å²) < 4.78 is 4.75. The largest absolute Gasteiger partial charge is 0.481 e. The highest BCUT2D eigenvalue weighted by molar-refractivity contribution is 5.87. The molecule has 1 N–H and O–H groups in total. The molecule has 1 fully saturated rings. The first-order valence-electron chi connectivity index (χ1n) is 4.09. The molecule has 6 nitrogen and oxygen atoms in total. The molecule has 0 spiro atoms. The van der Waals surface area contributed by atoms with E-state index in [1.165, 1.54) is 14.0 Å². The Labute approximate surface area is 80.4 Å². The highest BCUT2D eigenvalue weighted by atomic mass is 16.6. The molecule has 0 aromatic rings. The Bertz CT molecular complexity index is 287. The van der Waals surface area contributed by atoms with Crippen LogP contribution in [0.15, 0.2) is 0 Å². The zero-order valence-corrected chi connectivity index (χ0v) is 7.89. The quantitative estimate of drug-likeness (QED) is 0.605. The number of aliphatic carboxylic acids is 1. The van der Waals surface area contributed by atoms with Gasteiger partial charge in [0.2, 0.25) is 5.91 Å². The fourth-order valence-electron chi connectivity index (χ4n) is 1.39. The third-order valence-electron chi connectivity index (χ3n) is 2.12. The molecule has 1 rings (SSSR count). The molecule has 1 saturated heterocycles. The molecular weight excluding hydrogens is 190 g/mol. The van der Waals surface area contributed by atoms with Crippen LogP contribution in [0.5, 0.6) is 0 Å². The number of carbonyl (C=O) groups is 3. The Hall–Kier alpha value is -1.59. The molecule has 0 aromatic carbocycles. The minimum atomic E-state index is -1.13. The molecule has 0 saturated carbocycles. The van der Waals surface area contributed by atoms with Gasteiger partial charge in [-0.25, -0.2) is 0 Å². The van der Waals surface area contributed by atoms with Crippen molar-refractivity contribution in [2.75, 3.05) is 7.05 Å². The lowest BCUT2D eigenvalue weighted by Gasteiger charge is -2.21. The van der Waals surface area contributed by atoms with Gasteiger partial charge in [-0.3, -0.25) is 14.4 Å². The van der Waals surface area contributed by atoms with Crippen LogP contribution >= 0.6 is 0 Å². The Kier molecular flexibility index (Phi) is 2.73. The smallest absolute Gasteiger partial charge is 0.312 e. The van der Waals surface area contributed by atoms with Gasteiger partial charge in [0.15, 0.2) is 6.23 Å². The van der Waals surface area contributed by atoms with E-state index in [1.807, 2.05) is 0 Å². The minimum Gasteiger partial charge on any atom is -0.481 e. The second kappa shape index (κ2) is 3.65. The molecule has 14 heavy (non-hydrogen) atoms. The predicted molar refractivity (Wildman–Crippen MR) is 44.1 cm³/mol. The SMILES string of the molecule is CC(=O)OC1C(C(=O)O)CC(=O)N1C. The number of carboxylic acids is 1. The van der Waals surface area contributed by atoms with Crippen LogP contribution in [0.2, 0.25) is 0 Å². The number of nitrogens with zero attached hydrogens (tertiary/aromatic N) is 1. The van der Waals surface area contributed by atoms with E-state index in [9.17, 15) is 14.4 Å². The van der Waals surface area contributed by atoms with Gasteiger partial charge in [0, 0.05) is 20.4 Å². The molecule has 0 aromatic heterocycles. The van der Waals surface area contributed by atoms with Gasteiger partial charge in [-0.15, -0.1) is 0 Å². The van der Waals surface area contributed by atoms with E-state index in [0.29, 0.717) is 0 Å². The van der Waals surface area contributed by atoms with Gasteiger partial charge in [-0.1, -0.05) is 0 Å². The van der Waals surface area contributed by atoms with Crippen LogP contribution in [0.1, 0.15) is 13.3 Å². The molecule has 2 unspecified atom stereocenters. The average molecular weight is 201 g/mol. The lowest BCUT2D eigenvalue weighted by atomic mass is 10.1. The van der Waals surface area contributed by atoms with Crippen molar-refractivity contribution in [3.8, 4) is 0 Å². The molecule has 1 aliphatic heterocycles. The van der Waals surface area contributed by atoms with Crippen molar-refractivity contribution < 1.29 is 24.2 Å². The van der Waals surface area contributed by atoms with E-state index in [-0.39, 0.29) is 12.3 Å². The number of rotatable bonds is 2. The molecule has 1 heterocycles. The maximum atomic E-state index is 11.2. The zero-order chi connectivity index (χ0) is 10.9. The fourth-order valence-corrected chi connectivity index (χ4v) is 1.39. The average Bonchev–Trinajstić information content (AvgIpc) is 2.32. The molecule has 1 amide bonds. The van der Waals surface area contributed by atoms with E-state index in [2.05, 4.69) is 0 Å². The van der Waals surface area contributed by atoms with Gasteiger partial charge in [0.25, 0.3) is 0 Å². The predicted octanol–water partition coefficient (Wildman–Crippen LogP) is -0.562. The highest BCUT2D eigenvalue weighted by Gasteiger charge is 2.44. The monoisotopic (exact) mass is 201 g/mol. The van der Waals surface area contributed by atoms with E-state index < -0.39 is 24.1 Å². The number of carbonyl (C=O) groups excluding carboxylic acids is 2. The van der Waals surface area contributed by atoms with Crippen LogP contribution in [0.4, 0.5) is 0 Å². The third-order valence-corrected chi connectivity index (χ3v) is 2.12. The van der Waals surface area contributed by atoms with Gasteiger partial charge in [-0.05, 0) is 0 Å². The Morgan fingerprint density at radius 3 is 2.57 bits per heavy atom. The minimum absolute atomic E-state index is 0.121. The molecular formula is C8H11NO5. The molecule has 1 aliphatic rings. The van der Waals surface area contributed by atoms with Crippen molar-refractivity contribution in [1.29, 1.82) is 0 Å². The number of hydrogen-bond donors (Lipinski definition) is 1. The van der Waals surface area contributed by atoms with Crippen molar-refractivity contribution >= 4 is 17.8 Å². The first-order valence-corrected chi connectivity index (χ1v) is 4.09. The van der Waals surface area contributed by atoms with Crippen molar-refractivity contribution in [2.24, 2.45) is 5.92 Å². The van der Waals surface area contributed by atoms with Crippen LogP contribution in [-0.4, -0.2) is 41.1 Å². The summed E-state index contributed by atoms with van der Waals surface area (Å²) >= 11 is 0. The maximum Gasteiger partial charge on any atom is 0.312 e. The van der Waals surface area contributed by atoms with Gasteiger partial charge in [-0.2, -0.15) is 0 Å². The van der Waals surface area contributed by atoms with Crippen molar-refractivity contribution in [2.45, 2.75) is 19.6 Å². The zero-order valence-electron chi connectivity index (χ0n) is 7.89. The summed E-state index contributed by atoms with van der Waals surface area (Å²) in [5, 5.41) is 8.76. The summed E-state index contributed by atoms with van der Waals surface area (Å²) in [5.74, 6) is -3.02. The topological polar surface area (TPSA) is 83.9 Å². The standard InChI is InChI=1S/C8H11NO5/c1-4(10)14-7-5(8(12)13)3-6(11)9(7)2/h5,7H,3H2,1-2H3,(H,12,13). The lowest BCUT2D eigenvalue weighted by molar-refractivity contribution is -0.163. The van der Waals surface area contributed by atoms with E-state index >= 15 is 0 Å². The van der Waals surface area contributed by atoms with E-state index in [4.69, 9.17) is 9.84 Å². The number of hydrogen-bond acceptors (Lipinski definition) is 4. The summed E-state index contributed by atoms with van der Waals surface area (Å²) in [6.07, 6.45) is -1.10. The van der Waals surface area contributed by atoms with Gasteiger partial charge in [0.1, 0.15) is 5.92 Å². The van der Waals surface area contributed by atoms with Gasteiger partial charge in [0.05, 0.1) is 0 Å². The van der Waals surface area contributed by atoms with Crippen molar-refractivity contribution in [3.63, 3.8) is 0 Å². The Morgan fingerprint density at radius 1 is 1.57 bits per heavy atom. The summed E-state index contributed by atoms with van der Waals surface area (Å²) in [5.41, 5.74) is 0. The lowest BCUT2D eigenvalue weighted by Crippen LogP contribution is -2.37. The number of carboxylic acid groups (broad SMARTS) is 1. The van der Waals surface area contributed by atoms with Crippen LogP contribution in [0.25, 0.3) is 0 Å². The molecule has 6 heteroatoms. The van der Waals surface area contributed by atoms with Crippen molar-refractivity contribution in [3.05, 3.63) is 0 Å². The van der Waals surface area contributed by atoms with Crippen LogP contribution in [0.3, 0.4) is 0 Å². The maximum absolute atomic E-state index is 11.2. The third kappa shape index (κ3) is 1.84. The summed E-state index contributed by atoms with van der Waals surface area (Å²) in [6, 6.07) is 0. The number of ether oxygens (including phenoxy) is 1. The molecule has 78 valence electrons. The Morgan fingerprint density at radius 2 is 2.14 bits per heavy atom. The van der Waals surface area contributed by atoms with Crippen LogP contribution in [-0.2, 0) is 19.1 Å². The van der Waals surface area contributed by atoms with E-state index in [1.54, 1.807) is 0 Å². The second-order valence-corrected chi connectivity index (χ2v) is 3.15. The Balaban J connectivity index is 2.81. The number of esters is 1. The van der Waals surface area contributed by atoms with Gasteiger partial charge >= 0.3 is 11.9 Å². The molecule has 2 atom stereocenters. The number of likely N-dealkylation sites (tertiary alicyclic amines) is 1. The normalized spacial score (nSPS) is 26.4. The molecule has 0 radical (unpaired) electrons.